The molecular formula is C11H19NO. The van der Waals surface area contributed by atoms with Gasteiger partial charge in [0.25, 0.3) is 0 Å². The average molecular weight is 181 g/mol. The zero-order valence-electron chi connectivity index (χ0n) is 8.58. The first-order valence-electron chi connectivity index (χ1n) is 5.24. The van der Waals surface area contributed by atoms with E-state index < -0.39 is 11.5 Å². The second-order valence-corrected chi connectivity index (χ2v) is 4.42. The van der Waals surface area contributed by atoms with Crippen molar-refractivity contribution in [2.24, 2.45) is 11.3 Å². The van der Waals surface area contributed by atoms with E-state index in [-0.39, 0.29) is 0 Å². The monoisotopic (exact) mass is 181 g/mol. The van der Waals surface area contributed by atoms with Gasteiger partial charge in [0.15, 0.2) is 0 Å². The van der Waals surface area contributed by atoms with Crippen LogP contribution in [0.15, 0.2) is 0 Å². The molecule has 2 nitrogen and oxygen atoms in total. The van der Waals surface area contributed by atoms with Crippen molar-refractivity contribution in [1.29, 1.82) is 5.26 Å². The fourth-order valence-electron chi connectivity index (χ4n) is 2.36. The van der Waals surface area contributed by atoms with Crippen molar-refractivity contribution in [1.82, 2.24) is 0 Å². The molecule has 0 aromatic rings. The van der Waals surface area contributed by atoms with Gasteiger partial charge in [0.05, 0.1) is 17.6 Å². The maximum Gasteiger partial charge on any atom is 0.0834 e. The summed E-state index contributed by atoms with van der Waals surface area (Å²) < 4.78 is 0. The van der Waals surface area contributed by atoms with Gasteiger partial charge in [0, 0.05) is 0 Å². The van der Waals surface area contributed by atoms with Crippen LogP contribution in [0, 0.1) is 22.7 Å². The molecule has 0 saturated heterocycles. The second-order valence-electron chi connectivity index (χ2n) is 4.42. The van der Waals surface area contributed by atoms with Crippen LogP contribution in [0.5, 0.6) is 0 Å². The molecule has 0 aromatic carbocycles. The Bertz CT molecular complexity index is 209. The van der Waals surface area contributed by atoms with Crippen molar-refractivity contribution in [2.75, 3.05) is 0 Å². The van der Waals surface area contributed by atoms with Crippen LogP contribution in [0.25, 0.3) is 0 Å². The van der Waals surface area contributed by atoms with Gasteiger partial charge in [-0.2, -0.15) is 5.26 Å². The Morgan fingerprint density at radius 1 is 1.69 bits per heavy atom. The van der Waals surface area contributed by atoms with Crippen molar-refractivity contribution in [2.45, 2.75) is 52.1 Å². The third-order valence-electron chi connectivity index (χ3n) is 3.22. The number of hydrogen-bond acceptors (Lipinski definition) is 2. The first kappa shape index (κ1) is 10.5. The van der Waals surface area contributed by atoms with Crippen LogP contribution >= 0.6 is 0 Å². The molecule has 1 aliphatic carbocycles. The maximum absolute atomic E-state index is 9.89. The van der Waals surface area contributed by atoms with Crippen molar-refractivity contribution in [3.05, 3.63) is 0 Å². The third kappa shape index (κ3) is 2.03. The smallest absolute Gasteiger partial charge is 0.0834 e. The molecule has 0 radical (unpaired) electrons. The lowest BCUT2D eigenvalue weighted by molar-refractivity contribution is 0.0571. The largest absolute Gasteiger partial charge is 0.391 e. The molecule has 3 unspecified atom stereocenters. The second kappa shape index (κ2) is 4.11. The quantitative estimate of drug-likeness (QED) is 0.727. The van der Waals surface area contributed by atoms with Crippen LogP contribution in [-0.4, -0.2) is 11.2 Å². The number of aliphatic hydroxyl groups is 1. The SMILES string of the molecule is CCCC(O)C1(C#N)CCC(C)C1. The number of rotatable bonds is 3. The maximum atomic E-state index is 9.89. The van der Waals surface area contributed by atoms with E-state index in [4.69, 9.17) is 5.26 Å². The molecule has 1 rings (SSSR count). The van der Waals surface area contributed by atoms with E-state index >= 15 is 0 Å². The van der Waals surface area contributed by atoms with Crippen molar-refractivity contribution in [3.8, 4) is 6.07 Å². The summed E-state index contributed by atoms with van der Waals surface area (Å²) >= 11 is 0. The molecule has 3 atom stereocenters. The third-order valence-corrected chi connectivity index (χ3v) is 3.22. The van der Waals surface area contributed by atoms with Crippen molar-refractivity contribution < 1.29 is 5.11 Å². The predicted molar refractivity (Wildman–Crippen MR) is 52.0 cm³/mol. The topological polar surface area (TPSA) is 44.0 Å². The lowest BCUT2D eigenvalue weighted by Gasteiger charge is -2.26. The molecule has 1 N–H and O–H groups in total. The van der Waals surface area contributed by atoms with Gasteiger partial charge in [0.2, 0.25) is 0 Å². The van der Waals surface area contributed by atoms with Crippen LogP contribution in [0.4, 0.5) is 0 Å². The van der Waals surface area contributed by atoms with Crippen LogP contribution in [0.3, 0.4) is 0 Å². The first-order valence-corrected chi connectivity index (χ1v) is 5.24. The summed E-state index contributed by atoms with van der Waals surface area (Å²) in [5.74, 6) is 0.603. The van der Waals surface area contributed by atoms with Gasteiger partial charge < -0.3 is 5.11 Å². The molecule has 0 heterocycles. The highest BCUT2D eigenvalue weighted by Crippen LogP contribution is 2.44. The summed E-state index contributed by atoms with van der Waals surface area (Å²) in [6.07, 6.45) is 4.16. The Morgan fingerprint density at radius 2 is 2.38 bits per heavy atom. The fourth-order valence-corrected chi connectivity index (χ4v) is 2.36. The van der Waals surface area contributed by atoms with Crippen LogP contribution < -0.4 is 0 Å². The molecule has 13 heavy (non-hydrogen) atoms. The van der Waals surface area contributed by atoms with Gasteiger partial charge in [-0.25, -0.2) is 0 Å². The van der Waals surface area contributed by atoms with E-state index in [1.54, 1.807) is 0 Å². The molecule has 0 aliphatic heterocycles. The lowest BCUT2D eigenvalue weighted by atomic mass is 9.79. The van der Waals surface area contributed by atoms with Gasteiger partial charge >= 0.3 is 0 Å². The minimum absolute atomic E-state index is 0.410. The first-order chi connectivity index (χ1) is 6.14. The van der Waals surface area contributed by atoms with E-state index in [1.807, 2.05) is 6.92 Å². The van der Waals surface area contributed by atoms with E-state index in [0.717, 1.165) is 32.1 Å². The lowest BCUT2D eigenvalue weighted by Crippen LogP contribution is -2.31. The molecule has 1 aliphatic rings. The molecule has 2 heteroatoms. The minimum Gasteiger partial charge on any atom is -0.391 e. The number of nitriles is 1. The predicted octanol–water partition coefficient (Wildman–Crippen LogP) is 2.48. The fraction of sp³-hybridized carbons (Fsp3) is 0.909. The zero-order chi connectivity index (χ0) is 9.90. The molecule has 1 saturated carbocycles. The number of hydrogen-bond donors (Lipinski definition) is 1. The normalized spacial score (nSPS) is 35.7. The summed E-state index contributed by atoms with van der Waals surface area (Å²) in [7, 11) is 0. The summed E-state index contributed by atoms with van der Waals surface area (Å²) in [6.45, 7) is 4.21. The Balaban J connectivity index is 2.66. The zero-order valence-corrected chi connectivity index (χ0v) is 8.58. The van der Waals surface area contributed by atoms with Crippen LogP contribution in [0.1, 0.15) is 46.0 Å². The molecule has 0 bridgehead atoms. The minimum atomic E-state index is -0.421. The Labute approximate surface area is 80.6 Å². The molecule has 0 spiro atoms. The Morgan fingerprint density at radius 3 is 2.77 bits per heavy atom. The Hall–Kier alpha value is -0.550. The molecule has 0 aromatic heterocycles. The summed E-state index contributed by atoms with van der Waals surface area (Å²) in [4.78, 5) is 0. The van der Waals surface area contributed by atoms with Gasteiger partial charge in [-0.15, -0.1) is 0 Å². The van der Waals surface area contributed by atoms with Crippen LogP contribution in [0.2, 0.25) is 0 Å². The van der Waals surface area contributed by atoms with E-state index in [0.29, 0.717) is 5.92 Å². The van der Waals surface area contributed by atoms with E-state index in [1.165, 1.54) is 0 Å². The van der Waals surface area contributed by atoms with Crippen LogP contribution in [-0.2, 0) is 0 Å². The Kier molecular flexibility index (Phi) is 3.33. The summed E-state index contributed by atoms with van der Waals surface area (Å²) in [5.41, 5.74) is -0.421. The van der Waals surface area contributed by atoms with E-state index in [9.17, 15) is 5.11 Å². The van der Waals surface area contributed by atoms with Crippen molar-refractivity contribution in [3.63, 3.8) is 0 Å². The highest BCUT2D eigenvalue weighted by Gasteiger charge is 2.43. The van der Waals surface area contributed by atoms with Crippen molar-refractivity contribution >= 4 is 0 Å². The molecule has 0 amide bonds. The van der Waals surface area contributed by atoms with Gasteiger partial charge in [-0.1, -0.05) is 20.3 Å². The number of nitrogens with zero attached hydrogens (tertiary/aromatic N) is 1. The van der Waals surface area contributed by atoms with Gasteiger partial charge in [-0.3, -0.25) is 0 Å². The number of aliphatic hydroxyl groups excluding tert-OH is 1. The highest BCUT2D eigenvalue weighted by atomic mass is 16.3. The van der Waals surface area contributed by atoms with Gasteiger partial charge in [0.1, 0.15) is 0 Å². The summed E-state index contributed by atoms with van der Waals surface area (Å²) in [6, 6.07) is 2.34. The molecule has 1 fully saturated rings. The highest BCUT2D eigenvalue weighted by molar-refractivity contribution is 5.07. The van der Waals surface area contributed by atoms with E-state index in [2.05, 4.69) is 13.0 Å². The standard InChI is InChI=1S/C11H19NO/c1-3-4-10(13)11(8-12)6-5-9(2)7-11/h9-10,13H,3-7H2,1-2H3. The molecule has 74 valence electrons. The molecular weight excluding hydrogens is 162 g/mol. The van der Waals surface area contributed by atoms with Gasteiger partial charge in [-0.05, 0) is 31.6 Å². The summed E-state index contributed by atoms with van der Waals surface area (Å²) in [5, 5.41) is 19.0. The average Bonchev–Trinajstić information content (AvgIpc) is 2.49.